The molecule has 8 heteroatoms. The fourth-order valence-corrected chi connectivity index (χ4v) is 1.94. The van der Waals surface area contributed by atoms with Crippen LogP contribution in [-0.4, -0.2) is 33.1 Å². The van der Waals surface area contributed by atoms with Crippen molar-refractivity contribution < 1.29 is 18.3 Å². The lowest BCUT2D eigenvalue weighted by Crippen LogP contribution is -2.28. The SMILES string of the molecule is CCS(=O)CCNC(=O)c1ccc([N+](=O)[O-])c(F)c1. The van der Waals surface area contributed by atoms with Gasteiger partial charge in [-0.25, -0.2) is 0 Å². The van der Waals surface area contributed by atoms with Crippen LogP contribution in [0.25, 0.3) is 0 Å². The van der Waals surface area contributed by atoms with E-state index in [1.165, 1.54) is 6.07 Å². The number of hydrogen-bond acceptors (Lipinski definition) is 4. The average molecular weight is 288 g/mol. The van der Waals surface area contributed by atoms with Gasteiger partial charge in [-0.3, -0.25) is 19.1 Å². The smallest absolute Gasteiger partial charge is 0.304 e. The molecular weight excluding hydrogens is 275 g/mol. The normalized spacial score (nSPS) is 11.9. The van der Waals surface area contributed by atoms with Crippen molar-refractivity contribution in [2.24, 2.45) is 0 Å². The molecule has 0 aromatic heterocycles. The summed E-state index contributed by atoms with van der Waals surface area (Å²) in [7, 11) is -0.992. The highest BCUT2D eigenvalue weighted by Crippen LogP contribution is 2.17. The highest BCUT2D eigenvalue weighted by atomic mass is 32.2. The number of halogens is 1. The third kappa shape index (κ3) is 4.40. The van der Waals surface area contributed by atoms with Gasteiger partial charge in [0, 0.05) is 40.5 Å². The summed E-state index contributed by atoms with van der Waals surface area (Å²) < 4.78 is 24.4. The third-order valence-corrected chi connectivity index (χ3v) is 3.65. The summed E-state index contributed by atoms with van der Waals surface area (Å²) in [6.45, 7) is 1.97. The summed E-state index contributed by atoms with van der Waals surface area (Å²) in [6.07, 6.45) is 0. The first-order valence-electron chi connectivity index (χ1n) is 5.52. The van der Waals surface area contributed by atoms with Crippen LogP contribution in [0.1, 0.15) is 17.3 Å². The van der Waals surface area contributed by atoms with E-state index >= 15 is 0 Å². The molecule has 0 radical (unpaired) electrons. The van der Waals surface area contributed by atoms with E-state index in [4.69, 9.17) is 0 Å². The van der Waals surface area contributed by atoms with Crippen LogP contribution in [0.5, 0.6) is 0 Å². The highest BCUT2D eigenvalue weighted by molar-refractivity contribution is 7.84. The van der Waals surface area contributed by atoms with Gasteiger partial charge in [-0.15, -0.1) is 0 Å². The number of nitro groups is 1. The van der Waals surface area contributed by atoms with Gasteiger partial charge in [0.25, 0.3) is 5.91 Å². The minimum atomic E-state index is -1.06. The van der Waals surface area contributed by atoms with Crippen LogP contribution in [0.2, 0.25) is 0 Å². The predicted molar refractivity (Wildman–Crippen MR) is 68.9 cm³/mol. The van der Waals surface area contributed by atoms with E-state index in [1.807, 2.05) is 0 Å². The Morgan fingerprint density at radius 3 is 2.74 bits per heavy atom. The number of hydrogen-bond donors (Lipinski definition) is 1. The summed E-state index contributed by atoms with van der Waals surface area (Å²) >= 11 is 0. The monoisotopic (exact) mass is 288 g/mol. The Morgan fingerprint density at radius 1 is 1.53 bits per heavy atom. The number of nitro benzene ring substituents is 1. The Balaban J connectivity index is 2.65. The van der Waals surface area contributed by atoms with Crippen LogP contribution in [0, 0.1) is 15.9 Å². The molecule has 0 saturated carbocycles. The van der Waals surface area contributed by atoms with Crippen molar-refractivity contribution in [3.8, 4) is 0 Å². The molecule has 0 saturated heterocycles. The van der Waals surface area contributed by atoms with Crippen LogP contribution in [0.15, 0.2) is 18.2 Å². The average Bonchev–Trinajstić information content (AvgIpc) is 2.37. The highest BCUT2D eigenvalue weighted by Gasteiger charge is 2.16. The van der Waals surface area contributed by atoms with Crippen LogP contribution in [0.3, 0.4) is 0 Å². The second-order valence-corrected chi connectivity index (χ2v) is 5.48. The van der Waals surface area contributed by atoms with Crippen molar-refractivity contribution in [1.29, 1.82) is 0 Å². The summed E-state index contributed by atoms with van der Waals surface area (Å²) in [5.74, 6) is -0.795. The van der Waals surface area contributed by atoms with Crippen molar-refractivity contribution in [3.05, 3.63) is 39.7 Å². The third-order valence-electron chi connectivity index (χ3n) is 2.34. The Labute approximate surface area is 111 Å². The van der Waals surface area contributed by atoms with Gasteiger partial charge in [0.15, 0.2) is 0 Å². The van der Waals surface area contributed by atoms with Crippen LogP contribution < -0.4 is 5.32 Å². The summed E-state index contributed by atoms with van der Waals surface area (Å²) in [6, 6.07) is 2.92. The first-order chi connectivity index (χ1) is 8.95. The largest absolute Gasteiger partial charge is 0.351 e. The van der Waals surface area contributed by atoms with Crippen LogP contribution in [-0.2, 0) is 10.8 Å². The van der Waals surface area contributed by atoms with Gasteiger partial charge >= 0.3 is 5.69 Å². The van der Waals surface area contributed by atoms with Gasteiger partial charge < -0.3 is 5.32 Å². The lowest BCUT2D eigenvalue weighted by molar-refractivity contribution is -0.387. The van der Waals surface area contributed by atoms with Gasteiger partial charge in [-0.2, -0.15) is 4.39 Å². The molecule has 0 bridgehead atoms. The molecule has 1 atom stereocenters. The van der Waals surface area contributed by atoms with Crippen molar-refractivity contribution in [1.82, 2.24) is 5.32 Å². The number of carbonyl (C=O) groups excluding carboxylic acids is 1. The molecule has 19 heavy (non-hydrogen) atoms. The Morgan fingerprint density at radius 2 is 2.21 bits per heavy atom. The topological polar surface area (TPSA) is 89.3 Å². The van der Waals surface area contributed by atoms with E-state index < -0.39 is 33.1 Å². The predicted octanol–water partition coefficient (Wildman–Crippen LogP) is 1.23. The zero-order valence-electron chi connectivity index (χ0n) is 10.2. The van der Waals surface area contributed by atoms with Crippen molar-refractivity contribution >= 4 is 22.4 Å². The Bertz CT molecular complexity index is 521. The molecule has 6 nitrogen and oxygen atoms in total. The van der Waals surface area contributed by atoms with Crippen LogP contribution >= 0.6 is 0 Å². The lowest BCUT2D eigenvalue weighted by Gasteiger charge is -2.04. The lowest BCUT2D eigenvalue weighted by atomic mass is 10.2. The van der Waals surface area contributed by atoms with Crippen LogP contribution in [0.4, 0.5) is 10.1 Å². The molecule has 0 spiro atoms. The molecular formula is C11H13FN2O4S. The van der Waals surface area contributed by atoms with Gasteiger partial charge in [-0.1, -0.05) is 6.92 Å². The molecule has 1 aromatic rings. The van der Waals surface area contributed by atoms with Gasteiger partial charge in [0.1, 0.15) is 0 Å². The first-order valence-corrected chi connectivity index (χ1v) is 7.01. The zero-order chi connectivity index (χ0) is 14.4. The summed E-state index contributed by atoms with van der Waals surface area (Å²) in [5, 5.41) is 12.9. The van der Waals surface area contributed by atoms with Gasteiger partial charge in [0.2, 0.25) is 5.82 Å². The molecule has 1 unspecified atom stereocenters. The summed E-state index contributed by atoms with van der Waals surface area (Å²) in [4.78, 5) is 21.2. The molecule has 0 aliphatic heterocycles. The maximum Gasteiger partial charge on any atom is 0.304 e. The maximum absolute atomic E-state index is 13.3. The minimum Gasteiger partial charge on any atom is -0.351 e. The number of nitrogens with one attached hydrogen (secondary N) is 1. The quantitative estimate of drug-likeness (QED) is 0.630. The minimum absolute atomic E-state index is 0.00891. The van der Waals surface area contributed by atoms with E-state index in [9.17, 15) is 23.5 Å². The molecule has 0 fully saturated rings. The molecule has 1 N–H and O–H groups in total. The zero-order valence-corrected chi connectivity index (χ0v) is 11.0. The second-order valence-electron chi connectivity index (χ2n) is 3.61. The number of nitrogens with zero attached hydrogens (tertiary/aromatic N) is 1. The fourth-order valence-electron chi connectivity index (χ4n) is 1.32. The standard InChI is InChI=1S/C11H13FN2O4S/c1-2-19(18)6-5-13-11(15)8-3-4-10(14(16)17)9(12)7-8/h3-4,7H,2,5-6H2,1H3,(H,13,15). The molecule has 0 aliphatic rings. The second kappa shape index (κ2) is 6.93. The Kier molecular flexibility index (Phi) is 5.56. The number of amides is 1. The van der Waals surface area contributed by atoms with E-state index in [0.717, 1.165) is 12.1 Å². The van der Waals surface area contributed by atoms with Crippen molar-refractivity contribution in [2.45, 2.75) is 6.92 Å². The van der Waals surface area contributed by atoms with E-state index in [2.05, 4.69) is 5.32 Å². The number of rotatable bonds is 6. The maximum atomic E-state index is 13.3. The number of benzene rings is 1. The Hall–Kier alpha value is -1.83. The van der Waals surface area contributed by atoms with Crippen molar-refractivity contribution in [3.63, 3.8) is 0 Å². The van der Waals surface area contributed by atoms with Gasteiger partial charge in [0.05, 0.1) is 4.92 Å². The molecule has 1 aromatic carbocycles. The van der Waals surface area contributed by atoms with Gasteiger partial charge in [-0.05, 0) is 12.1 Å². The molecule has 104 valence electrons. The molecule has 1 rings (SSSR count). The number of carbonyl (C=O) groups is 1. The van der Waals surface area contributed by atoms with E-state index in [0.29, 0.717) is 11.5 Å². The molecule has 0 heterocycles. The molecule has 1 amide bonds. The first kappa shape index (κ1) is 15.2. The fraction of sp³-hybridized carbons (Fsp3) is 0.364. The summed E-state index contributed by atoms with van der Waals surface area (Å²) in [5.41, 5.74) is -0.686. The van der Waals surface area contributed by atoms with E-state index in [-0.39, 0.29) is 12.1 Å². The van der Waals surface area contributed by atoms with E-state index in [1.54, 1.807) is 6.92 Å². The molecule has 0 aliphatic carbocycles. The van der Waals surface area contributed by atoms with Crippen molar-refractivity contribution in [2.75, 3.05) is 18.1 Å².